The van der Waals surface area contributed by atoms with Crippen LogP contribution in [0.3, 0.4) is 0 Å². The smallest absolute Gasteiger partial charge is 0.00856 e. The number of hydrogen-bond donors (Lipinski definition) is 0. The van der Waals surface area contributed by atoms with Crippen LogP contribution < -0.4 is 0 Å². The SMILES string of the molecule is CPC(C)C=C(C)C. The summed E-state index contributed by atoms with van der Waals surface area (Å²) in [5, 5.41) is 0. The molecule has 0 heterocycles. The van der Waals surface area contributed by atoms with Crippen LogP contribution in [-0.2, 0) is 0 Å². The van der Waals surface area contributed by atoms with E-state index in [1.54, 1.807) is 0 Å². The average molecular weight is 130 g/mol. The molecule has 2 unspecified atom stereocenters. The van der Waals surface area contributed by atoms with Gasteiger partial charge in [-0.25, -0.2) is 0 Å². The highest BCUT2D eigenvalue weighted by atomic mass is 31.1. The van der Waals surface area contributed by atoms with Crippen LogP contribution in [0, 0.1) is 0 Å². The first-order chi connectivity index (χ1) is 3.66. The third kappa shape index (κ3) is 4.33. The highest BCUT2D eigenvalue weighted by Gasteiger charge is 1.89. The Hall–Kier alpha value is 0.170. The van der Waals surface area contributed by atoms with Crippen molar-refractivity contribution in [2.24, 2.45) is 0 Å². The Labute approximate surface area is 54.2 Å². The molecule has 0 aromatic heterocycles. The molecule has 0 saturated carbocycles. The van der Waals surface area contributed by atoms with Gasteiger partial charge in [0, 0.05) is 0 Å². The van der Waals surface area contributed by atoms with Gasteiger partial charge in [0.25, 0.3) is 0 Å². The Morgan fingerprint density at radius 3 is 2.12 bits per heavy atom. The van der Waals surface area contributed by atoms with Gasteiger partial charge in [0.15, 0.2) is 0 Å². The van der Waals surface area contributed by atoms with Gasteiger partial charge in [-0.15, -0.1) is 8.58 Å². The number of rotatable bonds is 2. The molecular formula is C7H15P. The molecule has 0 aliphatic heterocycles. The predicted octanol–water partition coefficient (Wildman–Crippen LogP) is 2.65. The van der Waals surface area contributed by atoms with Crippen molar-refractivity contribution in [2.45, 2.75) is 26.4 Å². The Bertz CT molecular complexity index is 80.4. The second-order valence-electron chi connectivity index (χ2n) is 2.32. The lowest BCUT2D eigenvalue weighted by atomic mass is 10.3. The molecule has 0 aromatic carbocycles. The summed E-state index contributed by atoms with van der Waals surface area (Å²) >= 11 is 0. The van der Waals surface area contributed by atoms with Gasteiger partial charge in [0.2, 0.25) is 0 Å². The lowest BCUT2D eigenvalue weighted by Gasteiger charge is -1.99. The zero-order chi connectivity index (χ0) is 6.57. The molecule has 0 N–H and O–H groups in total. The monoisotopic (exact) mass is 130 g/mol. The lowest BCUT2D eigenvalue weighted by Crippen LogP contribution is -1.85. The second kappa shape index (κ2) is 4.09. The average Bonchev–Trinajstić information content (AvgIpc) is 1.65. The van der Waals surface area contributed by atoms with Crippen molar-refractivity contribution in [2.75, 3.05) is 6.66 Å². The van der Waals surface area contributed by atoms with Crippen LogP contribution in [0.25, 0.3) is 0 Å². The third-order valence-electron chi connectivity index (χ3n) is 1.04. The molecule has 0 fully saturated rings. The molecule has 0 aliphatic carbocycles. The van der Waals surface area contributed by atoms with Crippen molar-refractivity contribution in [1.82, 2.24) is 0 Å². The Balaban J connectivity index is 3.51. The minimum Gasteiger partial charge on any atom is -0.118 e. The molecule has 0 radical (unpaired) electrons. The molecule has 0 amide bonds. The maximum Gasteiger partial charge on any atom is -0.00856 e. The number of allylic oxidation sites excluding steroid dienone is 2. The lowest BCUT2D eigenvalue weighted by molar-refractivity contribution is 1.19. The Morgan fingerprint density at radius 1 is 1.50 bits per heavy atom. The molecule has 0 bridgehead atoms. The summed E-state index contributed by atoms with van der Waals surface area (Å²) in [6, 6.07) is 0. The molecule has 48 valence electrons. The molecule has 0 rings (SSSR count). The Kier molecular flexibility index (Phi) is 4.18. The summed E-state index contributed by atoms with van der Waals surface area (Å²) in [5.41, 5.74) is 2.23. The first-order valence-electron chi connectivity index (χ1n) is 2.99. The molecule has 0 aliphatic rings. The van der Waals surface area contributed by atoms with E-state index >= 15 is 0 Å². The normalized spacial score (nSPS) is 14.5. The van der Waals surface area contributed by atoms with Crippen LogP contribution in [0.2, 0.25) is 0 Å². The molecule has 0 nitrogen and oxygen atoms in total. The van der Waals surface area contributed by atoms with E-state index < -0.39 is 0 Å². The summed E-state index contributed by atoms with van der Waals surface area (Å²) in [7, 11) is 1.05. The highest BCUT2D eigenvalue weighted by molar-refractivity contribution is 7.38. The van der Waals surface area contributed by atoms with Crippen molar-refractivity contribution in [3.8, 4) is 0 Å². The van der Waals surface area contributed by atoms with Gasteiger partial charge < -0.3 is 0 Å². The van der Waals surface area contributed by atoms with Crippen molar-refractivity contribution >= 4 is 8.58 Å². The van der Waals surface area contributed by atoms with Gasteiger partial charge in [-0.2, -0.15) is 0 Å². The quantitative estimate of drug-likeness (QED) is 0.398. The van der Waals surface area contributed by atoms with Crippen LogP contribution in [0.1, 0.15) is 20.8 Å². The summed E-state index contributed by atoms with van der Waals surface area (Å²) in [6.45, 7) is 8.79. The van der Waals surface area contributed by atoms with Crippen LogP contribution in [0.15, 0.2) is 11.6 Å². The van der Waals surface area contributed by atoms with Crippen LogP contribution in [0.5, 0.6) is 0 Å². The van der Waals surface area contributed by atoms with Gasteiger partial charge >= 0.3 is 0 Å². The van der Waals surface area contributed by atoms with E-state index in [1.165, 1.54) is 5.57 Å². The maximum absolute atomic E-state index is 2.32. The van der Waals surface area contributed by atoms with Crippen LogP contribution in [-0.4, -0.2) is 12.3 Å². The van der Waals surface area contributed by atoms with E-state index in [9.17, 15) is 0 Å². The van der Waals surface area contributed by atoms with E-state index in [1.807, 2.05) is 0 Å². The first-order valence-corrected chi connectivity index (χ1v) is 4.57. The topological polar surface area (TPSA) is 0 Å². The fourth-order valence-electron chi connectivity index (χ4n) is 0.583. The van der Waals surface area contributed by atoms with E-state index in [4.69, 9.17) is 0 Å². The maximum atomic E-state index is 2.32. The van der Waals surface area contributed by atoms with Crippen molar-refractivity contribution in [3.05, 3.63) is 11.6 Å². The van der Waals surface area contributed by atoms with E-state index in [0.717, 1.165) is 14.2 Å². The standard InChI is InChI=1S/C7H15P/c1-6(2)5-7(3)8-4/h5,7-8H,1-4H3. The molecule has 8 heavy (non-hydrogen) atoms. The van der Waals surface area contributed by atoms with E-state index in [2.05, 4.69) is 33.5 Å². The summed E-state index contributed by atoms with van der Waals surface area (Å²) in [6.07, 6.45) is 2.32. The summed E-state index contributed by atoms with van der Waals surface area (Å²) < 4.78 is 0. The van der Waals surface area contributed by atoms with Crippen molar-refractivity contribution < 1.29 is 0 Å². The first kappa shape index (κ1) is 8.17. The van der Waals surface area contributed by atoms with E-state index in [0.29, 0.717) is 0 Å². The largest absolute Gasteiger partial charge is 0.118 e. The fraction of sp³-hybridized carbons (Fsp3) is 0.714. The second-order valence-corrected chi connectivity index (χ2v) is 3.81. The van der Waals surface area contributed by atoms with Gasteiger partial charge in [0.05, 0.1) is 0 Å². The van der Waals surface area contributed by atoms with Gasteiger partial charge in [0.1, 0.15) is 0 Å². The minimum atomic E-state index is 0.792. The highest BCUT2D eigenvalue weighted by Crippen LogP contribution is 2.15. The van der Waals surface area contributed by atoms with Gasteiger partial charge in [-0.05, 0) is 26.2 Å². The molecule has 2 atom stereocenters. The fourth-order valence-corrected chi connectivity index (χ4v) is 1.08. The number of hydrogen-bond acceptors (Lipinski definition) is 0. The van der Waals surface area contributed by atoms with Crippen LogP contribution in [0.4, 0.5) is 0 Å². The predicted molar refractivity (Wildman–Crippen MR) is 43.1 cm³/mol. The summed E-state index contributed by atoms with van der Waals surface area (Å²) in [4.78, 5) is 0. The van der Waals surface area contributed by atoms with Crippen molar-refractivity contribution in [1.29, 1.82) is 0 Å². The van der Waals surface area contributed by atoms with Crippen LogP contribution >= 0.6 is 8.58 Å². The van der Waals surface area contributed by atoms with Gasteiger partial charge in [-0.3, -0.25) is 0 Å². The zero-order valence-electron chi connectivity index (χ0n) is 6.15. The minimum absolute atomic E-state index is 0.792. The van der Waals surface area contributed by atoms with Gasteiger partial charge in [-0.1, -0.05) is 18.6 Å². The Morgan fingerprint density at radius 2 is 2.00 bits per heavy atom. The van der Waals surface area contributed by atoms with E-state index in [-0.39, 0.29) is 0 Å². The summed E-state index contributed by atoms with van der Waals surface area (Å²) in [5.74, 6) is 0. The molecule has 0 spiro atoms. The molecular weight excluding hydrogens is 115 g/mol. The molecule has 0 aromatic rings. The third-order valence-corrected chi connectivity index (χ3v) is 2.12. The zero-order valence-corrected chi connectivity index (χ0v) is 7.15. The molecule has 1 heteroatoms. The molecule has 0 saturated heterocycles. The van der Waals surface area contributed by atoms with Crippen molar-refractivity contribution in [3.63, 3.8) is 0 Å².